The number of halogens is 1. The number of aliphatic imine (C=N–C) groups is 1. The number of carbonyl (C=O) groups is 1. The summed E-state index contributed by atoms with van der Waals surface area (Å²) < 4.78 is 0.523. The summed E-state index contributed by atoms with van der Waals surface area (Å²) in [5.41, 5.74) is 4.93. The SMILES string of the molecule is Cc1cc(C)c(N=CC(=O)c2c(Br)c[nH]c(=O)c2-c2ccccc2)c(C)c1. The molecule has 0 atom stereocenters. The summed E-state index contributed by atoms with van der Waals surface area (Å²) in [4.78, 5) is 32.5. The van der Waals surface area contributed by atoms with Gasteiger partial charge in [-0.15, -0.1) is 0 Å². The van der Waals surface area contributed by atoms with Crippen molar-refractivity contribution in [3.05, 3.63) is 85.7 Å². The minimum Gasteiger partial charge on any atom is -0.327 e. The Hall–Kier alpha value is -2.79. The third kappa shape index (κ3) is 3.98. The molecule has 0 unspecified atom stereocenters. The number of hydrogen-bond donors (Lipinski definition) is 1. The van der Waals surface area contributed by atoms with Gasteiger partial charge < -0.3 is 4.98 Å². The van der Waals surface area contributed by atoms with Crippen LogP contribution in [0.5, 0.6) is 0 Å². The van der Waals surface area contributed by atoms with Crippen LogP contribution in [0.3, 0.4) is 0 Å². The van der Waals surface area contributed by atoms with Gasteiger partial charge in [0.2, 0.25) is 5.78 Å². The maximum absolute atomic E-state index is 12.9. The number of H-pyrrole nitrogens is 1. The fourth-order valence-electron chi connectivity index (χ4n) is 3.19. The molecule has 0 fully saturated rings. The van der Waals surface area contributed by atoms with Crippen LogP contribution in [0.1, 0.15) is 27.0 Å². The Morgan fingerprint density at radius 1 is 1.07 bits per heavy atom. The number of nitrogens with one attached hydrogen (secondary N) is 1. The first-order valence-electron chi connectivity index (χ1n) is 8.51. The van der Waals surface area contributed by atoms with Gasteiger partial charge in [0.15, 0.2) is 0 Å². The first-order valence-corrected chi connectivity index (χ1v) is 9.30. The highest BCUT2D eigenvalue weighted by Crippen LogP contribution is 2.27. The second-order valence-corrected chi connectivity index (χ2v) is 7.31. The van der Waals surface area contributed by atoms with Gasteiger partial charge >= 0.3 is 0 Å². The smallest absolute Gasteiger partial charge is 0.256 e. The van der Waals surface area contributed by atoms with E-state index >= 15 is 0 Å². The largest absolute Gasteiger partial charge is 0.327 e. The molecule has 0 aliphatic rings. The Morgan fingerprint density at radius 3 is 2.33 bits per heavy atom. The van der Waals surface area contributed by atoms with Crippen LogP contribution in [0.25, 0.3) is 11.1 Å². The normalized spacial score (nSPS) is 11.1. The van der Waals surface area contributed by atoms with Crippen molar-refractivity contribution in [3.8, 4) is 11.1 Å². The van der Waals surface area contributed by atoms with Crippen LogP contribution in [0.4, 0.5) is 5.69 Å². The molecule has 1 aromatic heterocycles. The molecule has 1 heterocycles. The van der Waals surface area contributed by atoms with Gasteiger partial charge in [-0.3, -0.25) is 14.6 Å². The second-order valence-electron chi connectivity index (χ2n) is 6.45. The molecule has 4 nitrogen and oxygen atoms in total. The predicted molar refractivity (Wildman–Crippen MR) is 113 cm³/mol. The van der Waals surface area contributed by atoms with Crippen molar-refractivity contribution in [2.24, 2.45) is 4.99 Å². The highest BCUT2D eigenvalue weighted by molar-refractivity contribution is 9.10. The van der Waals surface area contributed by atoms with Crippen molar-refractivity contribution in [2.75, 3.05) is 0 Å². The monoisotopic (exact) mass is 422 g/mol. The van der Waals surface area contributed by atoms with E-state index < -0.39 is 0 Å². The average molecular weight is 423 g/mol. The molecule has 0 bridgehead atoms. The Morgan fingerprint density at radius 2 is 1.70 bits per heavy atom. The van der Waals surface area contributed by atoms with Gasteiger partial charge in [0, 0.05) is 10.7 Å². The Labute approximate surface area is 166 Å². The number of pyridine rings is 1. The zero-order chi connectivity index (χ0) is 19.6. The van der Waals surface area contributed by atoms with Crippen molar-refractivity contribution in [1.29, 1.82) is 0 Å². The van der Waals surface area contributed by atoms with Crippen LogP contribution in [-0.4, -0.2) is 17.0 Å². The highest BCUT2D eigenvalue weighted by Gasteiger charge is 2.19. The van der Waals surface area contributed by atoms with Crippen LogP contribution in [0.15, 0.2) is 62.9 Å². The first kappa shape index (κ1) is 19.0. The molecule has 0 saturated heterocycles. The lowest BCUT2D eigenvalue weighted by Crippen LogP contribution is -2.16. The van der Waals surface area contributed by atoms with Crippen LogP contribution in [0.2, 0.25) is 0 Å². The van der Waals surface area contributed by atoms with Crippen LogP contribution in [-0.2, 0) is 0 Å². The molecular weight excluding hydrogens is 404 g/mol. The van der Waals surface area contributed by atoms with Crippen LogP contribution in [0, 0.1) is 20.8 Å². The molecule has 3 aromatic rings. The van der Waals surface area contributed by atoms with Crippen molar-refractivity contribution in [3.63, 3.8) is 0 Å². The maximum atomic E-state index is 12.9. The van der Waals surface area contributed by atoms with Crippen molar-refractivity contribution >= 4 is 33.6 Å². The molecule has 5 heteroatoms. The van der Waals surface area contributed by atoms with E-state index in [1.807, 2.05) is 51.1 Å². The highest BCUT2D eigenvalue weighted by atomic mass is 79.9. The van der Waals surface area contributed by atoms with Gasteiger partial charge in [0.05, 0.1) is 23.0 Å². The third-order valence-electron chi connectivity index (χ3n) is 4.30. The van der Waals surface area contributed by atoms with Gasteiger partial charge in [-0.2, -0.15) is 0 Å². The van der Waals surface area contributed by atoms with Gasteiger partial charge in [-0.05, 0) is 53.4 Å². The minimum absolute atomic E-state index is 0.302. The number of Topliss-reactive ketones (excluding diaryl/α,β-unsaturated/α-hetero) is 1. The molecule has 2 aromatic carbocycles. The van der Waals surface area contributed by atoms with Crippen molar-refractivity contribution < 1.29 is 4.79 Å². The van der Waals surface area contributed by atoms with E-state index in [4.69, 9.17) is 0 Å². The van der Waals surface area contributed by atoms with Crippen LogP contribution < -0.4 is 5.56 Å². The zero-order valence-corrected chi connectivity index (χ0v) is 16.9. The van der Waals surface area contributed by atoms with E-state index in [9.17, 15) is 9.59 Å². The number of benzene rings is 2. The lowest BCUT2D eigenvalue weighted by molar-refractivity contribution is 0.107. The molecular formula is C22H19BrN2O2. The first-order chi connectivity index (χ1) is 12.9. The standard InChI is InChI=1S/C22H19BrN2O2/c1-13-9-14(2)21(15(3)10-13)24-12-18(26)20-17(23)11-25-22(27)19(20)16-7-5-4-6-8-16/h4-12H,1-3H3,(H,25,27). The van der Waals surface area contributed by atoms with Crippen molar-refractivity contribution in [1.82, 2.24) is 4.98 Å². The topological polar surface area (TPSA) is 62.3 Å². The molecule has 0 aliphatic heterocycles. The summed E-state index contributed by atoms with van der Waals surface area (Å²) in [5, 5.41) is 0. The predicted octanol–water partition coefficient (Wildman–Crippen LogP) is 5.31. The van der Waals surface area contributed by atoms with Crippen molar-refractivity contribution in [2.45, 2.75) is 20.8 Å². The van der Waals surface area contributed by atoms with E-state index in [0.29, 0.717) is 21.2 Å². The molecule has 27 heavy (non-hydrogen) atoms. The number of aromatic nitrogens is 1. The summed E-state index contributed by atoms with van der Waals surface area (Å²) in [7, 11) is 0. The lowest BCUT2D eigenvalue weighted by Gasteiger charge is -2.09. The average Bonchev–Trinajstić information content (AvgIpc) is 2.63. The molecule has 0 aliphatic carbocycles. The summed E-state index contributed by atoms with van der Waals surface area (Å²) in [6, 6.07) is 13.2. The molecule has 0 amide bonds. The quantitative estimate of drug-likeness (QED) is 0.456. The molecule has 136 valence electrons. The van der Waals surface area contributed by atoms with E-state index in [-0.39, 0.29) is 11.3 Å². The molecule has 3 rings (SSSR count). The number of aryl methyl sites for hydroxylation is 3. The van der Waals surface area contributed by atoms with E-state index in [0.717, 1.165) is 22.4 Å². The summed E-state index contributed by atoms with van der Waals surface area (Å²) in [5.74, 6) is -0.328. The van der Waals surface area contributed by atoms with E-state index in [1.54, 1.807) is 12.1 Å². The maximum Gasteiger partial charge on any atom is 0.256 e. The van der Waals surface area contributed by atoms with E-state index in [1.165, 1.54) is 12.4 Å². The number of carbonyl (C=O) groups excluding carboxylic acids is 1. The van der Waals surface area contributed by atoms with Crippen LogP contribution >= 0.6 is 15.9 Å². The number of nitrogens with zero attached hydrogens (tertiary/aromatic N) is 1. The minimum atomic E-state index is -0.328. The van der Waals surface area contributed by atoms with Gasteiger partial charge in [-0.1, -0.05) is 48.0 Å². The summed E-state index contributed by atoms with van der Waals surface area (Å²) in [6.07, 6.45) is 2.77. The number of ketones is 1. The Kier molecular flexibility index (Phi) is 5.51. The number of hydrogen-bond acceptors (Lipinski definition) is 3. The molecule has 1 N–H and O–H groups in total. The molecule has 0 radical (unpaired) electrons. The van der Waals surface area contributed by atoms with E-state index in [2.05, 4.69) is 25.9 Å². The second kappa shape index (κ2) is 7.84. The zero-order valence-electron chi connectivity index (χ0n) is 15.3. The summed E-state index contributed by atoms with van der Waals surface area (Å²) in [6.45, 7) is 5.96. The molecule has 0 spiro atoms. The summed E-state index contributed by atoms with van der Waals surface area (Å²) >= 11 is 3.39. The number of aromatic amines is 1. The fraction of sp³-hybridized carbons (Fsp3) is 0.136. The van der Waals surface area contributed by atoms with Gasteiger partial charge in [-0.25, -0.2) is 0 Å². The third-order valence-corrected chi connectivity index (χ3v) is 4.93. The van der Waals surface area contributed by atoms with Gasteiger partial charge in [0.25, 0.3) is 5.56 Å². The lowest BCUT2D eigenvalue weighted by atomic mass is 9.99. The number of rotatable bonds is 4. The fourth-order valence-corrected chi connectivity index (χ4v) is 3.70. The Bertz CT molecular complexity index is 1080. The van der Waals surface area contributed by atoms with Gasteiger partial charge in [0.1, 0.15) is 0 Å². The molecule has 0 saturated carbocycles. The Balaban J connectivity index is 2.09.